The number of pyridine rings is 1. The van der Waals surface area contributed by atoms with Crippen LogP contribution in [-0.4, -0.2) is 41.1 Å². The molecule has 88 valence electrons. The summed E-state index contributed by atoms with van der Waals surface area (Å²) in [5.41, 5.74) is 0. The number of thioether (sulfide) groups is 2. The van der Waals surface area contributed by atoms with Crippen LogP contribution in [0.3, 0.4) is 0 Å². The number of rotatable bonds is 4. The molecule has 1 atom stereocenters. The monoisotopic (exact) mass is 255 g/mol. The van der Waals surface area contributed by atoms with Gasteiger partial charge in [-0.3, -0.25) is 0 Å². The topological polar surface area (TPSA) is 37.0 Å². The number of aromatic nitrogens is 1. The molecular formula is C11H17N3S2. The Morgan fingerprint density at radius 3 is 3.00 bits per heavy atom. The normalized spacial score (nSPS) is 20.4. The standard InChI is InChI=1S/C11H17N3S2/c1-12-10-3-2-4-11(14-10)13-7-9-8-15-5-6-16-9/h2-4,9H,5-8H2,1H3,(H2,12,13,14). The first-order valence-corrected chi connectivity index (χ1v) is 7.67. The van der Waals surface area contributed by atoms with Gasteiger partial charge in [0.2, 0.25) is 0 Å². The van der Waals surface area contributed by atoms with Crippen LogP contribution in [0, 0.1) is 0 Å². The summed E-state index contributed by atoms with van der Waals surface area (Å²) in [6.07, 6.45) is 0. The highest BCUT2D eigenvalue weighted by Crippen LogP contribution is 2.24. The molecule has 1 aliphatic heterocycles. The van der Waals surface area contributed by atoms with Gasteiger partial charge in [-0.25, -0.2) is 4.98 Å². The number of hydrogen-bond donors (Lipinski definition) is 2. The van der Waals surface area contributed by atoms with Crippen molar-refractivity contribution in [3.63, 3.8) is 0 Å². The van der Waals surface area contributed by atoms with E-state index in [2.05, 4.69) is 39.1 Å². The van der Waals surface area contributed by atoms with E-state index in [1.165, 1.54) is 17.3 Å². The van der Waals surface area contributed by atoms with Crippen LogP contribution in [0.2, 0.25) is 0 Å². The lowest BCUT2D eigenvalue weighted by Gasteiger charge is -2.21. The maximum atomic E-state index is 4.44. The summed E-state index contributed by atoms with van der Waals surface area (Å²) >= 11 is 4.12. The highest BCUT2D eigenvalue weighted by molar-refractivity contribution is 8.06. The van der Waals surface area contributed by atoms with Gasteiger partial charge >= 0.3 is 0 Å². The molecule has 0 radical (unpaired) electrons. The summed E-state index contributed by atoms with van der Waals surface area (Å²) in [4.78, 5) is 4.44. The van der Waals surface area contributed by atoms with Gasteiger partial charge in [0.1, 0.15) is 11.6 Å². The minimum atomic E-state index is 0.721. The molecular weight excluding hydrogens is 238 g/mol. The fraction of sp³-hybridized carbons (Fsp3) is 0.545. The smallest absolute Gasteiger partial charge is 0.128 e. The van der Waals surface area contributed by atoms with Gasteiger partial charge in [-0.05, 0) is 12.1 Å². The molecule has 3 nitrogen and oxygen atoms in total. The molecule has 5 heteroatoms. The minimum absolute atomic E-state index is 0.721. The second-order valence-electron chi connectivity index (χ2n) is 3.61. The van der Waals surface area contributed by atoms with Crippen LogP contribution in [0.25, 0.3) is 0 Å². The van der Waals surface area contributed by atoms with Gasteiger partial charge in [-0.1, -0.05) is 6.07 Å². The van der Waals surface area contributed by atoms with Gasteiger partial charge in [0, 0.05) is 36.1 Å². The molecule has 0 saturated carbocycles. The molecule has 1 fully saturated rings. The zero-order chi connectivity index (χ0) is 11.2. The van der Waals surface area contributed by atoms with E-state index in [0.29, 0.717) is 0 Å². The van der Waals surface area contributed by atoms with Gasteiger partial charge in [-0.2, -0.15) is 23.5 Å². The van der Waals surface area contributed by atoms with Crippen molar-refractivity contribution in [2.75, 3.05) is 41.5 Å². The van der Waals surface area contributed by atoms with E-state index in [9.17, 15) is 0 Å². The van der Waals surface area contributed by atoms with E-state index < -0.39 is 0 Å². The zero-order valence-electron chi connectivity index (χ0n) is 9.40. The summed E-state index contributed by atoms with van der Waals surface area (Å²) in [5, 5.41) is 7.17. The van der Waals surface area contributed by atoms with Crippen molar-refractivity contribution in [1.29, 1.82) is 0 Å². The first kappa shape index (κ1) is 11.9. The van der Waals surface area contributed by atoms with Crippen LogP contribution in [0.1, 0.15) is 0 Å². The molecule has 1 aliphatic rings. The summed E-state index contributed by atoms with van der Waals surface area (Å²) in [7, 11) is 1.89. The maximum Gasteiger partial charge on any atom is 0.128 e. The Morgan fingerprint density at radius 1 is 1.38 bits per heavy atom. The Balaban J connectivity index is 1.83. The predicted molar refractivity (Wildman–Crippen MR) is 75.8 cm³/mol. The molecule has 0 aromatic carbocycles. The fourth-order valence-electron chi connectivity index (χ4n) is 1.55. The van der Waals surface area contributed by atoms with Crippen LogP contribution in [-0.2, 0) is 0 Å². The van der Waals surface area contributed by atoms with E-state index in [0.717, 1.165) is 23.4 Å². The van der Waals surface area contributed by atoms with Crippen LogP contribution >= 0.6 is 23.5 Å². The molecule has 0 aliphatic carbocycles. The van der Waals surface area contributed by atoms with Gasteiger partial charge in [0.05, 0.1) is 0 Å². The molecule has 2 heterocycles. The van der Waals surface area contributed by atoms with E-state index in [1.807, 2.05) is 25.2 Å². The molecule has 0 spiro atoms. The third kappa shape index (κ3) is 3.49. The molecule has 2 N–H and O–H groups in total. The number of anilines is 2. The van der Waals surface area contributed by atoms with E-state index in [-0.39, 0.29) is 0 Å². The summed E-state index contributed by atoms with van der Waals surface area (Å²) in [6, 6.07) is 6.00. The lowest BCUT2D eigenvalue weighted by atomic mass is 10.4. The van der Waals surface area contributed by atoms with Crippen molar-refractivity contribution in [3.8, 4) is 0 Å². The third-order valence-electron chi connectivity index (χ3n) is 2.40. The molecule has 1 aromatic rings. The van der Waals surface area contributed by atoms with Gasteiger partial charge in [0.15, 0.2) is 0 Å². The minimum Gasteiger partial charge on any atom is -0.373 e. The Labute approximate surface area is 105 Å². The molecule has 0 amide bonds. The van der Waals surface area contributed by atoms with Crippen molar-refractivity contribution >= 4 is 35.2 Å². The van der Waals surface area contributed by atoms with Crippen LogP contribution in [0.15, 0.2) is 18.2 Å². The Bertz CT molecular complexity index is 327. The van der Waals surface area contributed by atoms with Gasteiger partial charge in [0.25, 0.3) is 0 Å². The molecule has 0 bridgehead atoms. The Morgan fingerprint density at radius 2 is 2.25 bits per heavy atom. The quantitative estimate of drug-likeness (QED) is 0.864. The van der Waals surface area contributed by atoms with Crippen LogP contribution in [0.5, 0.6) is 0 Å². The lowest BCUT2D eigenvalue weighted by molar-refractivity contribution is 0.993. The highest BCUT2D eigenvalue weighted by atomic mass is 32.2. The second kappa shape index (κ2) is 6.25. The maximum absolute atomic E-state index is 4.44. The van der Waals surface area contributed by atoms with Crippen molar-refractivity contribution in [1.82, 2.24) is 4.98 Å². The number of nitrogens with zero attached hydrogens (tertiary/aromatic N) is 1. The third-order valence-corrected chi connectivity index (χ3v) is 5.25. The molecule has 1 saturated heterocycles. The number of hydrogen-bond acceptors (Lipinski definition) is 5. The van der Waals surface area contributed by atoms with E-state index in [1.54, 1.807) is 0 Å². The van der Waals surface area contributed by atoms with Crippen LogP contribution < -0.4 is 10.6 Å². The van der Waals surface area contributed by atoms with Gasteiger partial charge in [-0.15, -0.1) is 0 Å². The van der Waals surface area contributed by atoms with Crippen molar-refractivity contribution in [2.24, 2.45) is 0 Å². The first-order valence-electron chi connectivity index (χ1n) is 5.46. The molecule has 2 rings (SSSR count). The average molecular weight is 255 g/mol. The summed E-state index contributed by atoms with van der Waals surface area (Å²) < 4.78 is 0. The molecule has 1 aromatic heterocycles. The van der Waals surface area contributed by atoms with Gasteiger partial charge < -0.3 is 10.6 Å². The van der Waals surface area contributed by atoms with Crippen molar-refractivity contribution in [2.45, 2.75) is 5.25 Å². The fourth-order valence-corrected chi connectivity index (χ4v) is 4.16. The van der Waals surface area contributed by atoms with Crippen LogP contribution in [0.4, 0.5) is 11.6 Å². The molecule has 1 unspecified atom stereocenters. The summed E-state index contributed by atoms with van der Waals surface area (Å²) in [5.74, 6) is 5.71. The summed E-state index contributed by atoms with van der Waals surface area (Å²) in [6.45, 7) is 1.01. The second-order valence-corrected chi connectivity index (χ2v) is 6.16. The molecule has 16 heavy (non-hydrogen) atoms. The Kier molecular flexibility index (Phi) is 4.66. The first-order chi connectivity index (χ1) is 7.88. The van der Waals surface area contributed by atoms with E-state index >= 15 is 0 Å². The Hall–Kier alpha value is -0.550. The number of nitrogens with one attached hydrogen (secondary N) is 2. The van der Waals surface area contributed by atoms with E-state index in [4.69, 9.17) is 0 Å². The van der Waals surface area contributed by atoms with Crippen molar-refractivity contribution < 1.29 is 0 Å². The SMILES string of the molecule is CNc1cccc(NCC2CSCCS2)n1. The largest absolute Gasteiger partial charge is 0.373 e. The zero-order valence-corrected chi connectivity index (χ0v) is 11.0. The van der Waals surface area contributed by atoms with Crippen molar-refractivity contribution in [3.05, 3.63) is 18.2 Å². The average Bonchev–Trinajstić information content (AvgIpc) is 2.38. The predicted octanol–water partition coefficient (Wildman–Crippen LogP) is 2.38. The lowest BCUT2D eigenvalue weighted by Crippen LogP contribution is -2.23. The highest BCUT2D eigenvalue weighted by Gasteiger charge is 2.13.